The average molecular weight is 869 g/mol. The van der Waals surface area contributed by atoms with Crippen LogP contribution in [-0.4, -0.2) is 89.5 Å². The van der Waals surface area contributed by atoms with Crippen molar-refractivity contribution < 1.29 is 38.6 Å². The highest BCUT2D eigenvalue weighted by molar-refractivity contribution is 5.31. The quantitative estimate of drug-likeness (QED) is 0.0817. The molecule has 0 heterocycles. The molecule has 0 bridgehead atoms. The molecule has 8 heteroatoms. The molecule has 2 rings (SSSR count). The fourth-order valence-electron chi connectivity index (χ4n) is 6.37. The third-order valence-corrected chi connectivity index (χ3v) is 9.59. The monoisotopic (exact) mass is 869 g/mol. The molecule has 0 amide bonds. The third kappa shape index (κ3) is 44.4. The predicted octanol–water partition coefficient (Wildman–Crippen LogP) is 13.6. The van der Waals surface area contributed by atoms with Crippen LogP contribution in [0.2, 0.25) is 0 Å². The van der Waals surface area contributed by atoms with Gasteiger partial charge in [-0.15, -0.1) is 0 Å². The van der Waals surface area contributed by atoms with Crippen molar-refractivity contribution in [1.82, 2.24) is 0 Å². The van der Waals surface area contributed by atoms with Crippen LogP contribution in [0.5, 0.6) is 5.75 Å². The van der Waals surface area contributed by atoms with Crippen molar-refractivity contribution in [3.05, 3.63) is 65.7 Å². The molecule has 0 spiro atoms. The molecule has 0 radical (unpaired) electrons. The van der Waals surface area contributed by atoms with E-state index < -0.39 is 0 Å². The number of methoxy groups -OCH3 is 1. The minimum absolute atomic E-state index is 0. The van der Waals surface area contributed by atoms with Crippen molar-refractivity contribution in [2.75, 3.05) is 73.2 Å². The first kappa shape index (κ1) is 68.0. The van der Waals surface area contributed by atoms with Crippen LogP contribution in [0.25, 0.3) is 0 Å². The van der Waals surface area contributed by atoms with Gasteiger partial charge in [0.15, 0.2) is 0 Å². The molecule has 61 heavy (non-hydrogen) atoms. The highest BCUT2D eigenvalue weighted by atomic mass is 16.5. The van der Waals surface area contributed by atoms with Crippen molar-refractivity contribution in [3.63, 3.8) is 0 Å². The van der Waals surface area contributed by atoms with Crippen molar-refractivity contribution in [2.45, 2.75) is 175 Å². The van der Waals surface area contributed by atoms with Gasteiger partial charge in [-0.3, -0.25) is 0 Å². The molecule has 0 fully saturated rings. The van der Waals surface area contributed by atoms with E-state index in [-0.39, 0.29) is 40.9 Å². The molecule has 0 saturated heterocycles. The van der Waals surface area contributed by atoms with E-state index in [2.05, 4.69) is 113 Å². The molecule has 2 atom stereocenters. The van der Waals surface area contributed by atoms with Crippen LogP contribution in [0.1, 0.15) is 168 Å². The van der Waals surface area contributed by atoms with Crippen LogP contribution < -0.4 is 4.74 Å². The number of rotatable bonds is 28. The summed E-state index contributed by atoms with van der Waals surface area (Å²) in [7, 11) is 1.69. The van der Waals surface area contributed by atoms with Gasteiger partial charge in [0, 0.05) is 20.3 Å². The van der Waals surface area contributed by atoms with Crippen molar-refractivity contribution >= 4 is 0 Å². The van der Waals surface area contributed by atoms with E-state index in [0.29, 0.717) is 57.8 Å². The standard InChI is InChI=1S/C23H32O2.C15H32O2.C8H18O2.C4H10O2.3CH4/c1-22(2,3)18-23(4,5)20-11-13-21(14-12-20)25-16-15-24-17-19-9-7-6-8-10-19;1-13(2)5-6-14(3)7-8-15(4)9-11-17-12-10-16;1-4-8(5-2)10-7-6-9-3;1-2-6-4-3-5;;;/h6-14H,15-18H2,1-5H3;13-16H,5-12H2,1-4H3;8H,4-7H2,1-3H3;5H,2-4H2,1H3;3*1H4. The van der Waals surface area contributed by atoms with Gasteiger partial charge in [0.25, 0.3) is 0 Å². The smallest absolute Gasteiger partial charge is 0.119 e. The zero-order valence-corrected chi connectivity index (χ0v) is 39.8. The van der Waals surface area contributed by atoms with Crippen molar-refractivity contribution in [1.29, 1.82) is 0 Å². The second-order valence-electron chi connectivity index (χ2n) is 17.6. The Labute approximate surface area is 380 Å². The summed E-state index contributed by atoms with van der Waals surface area (Å²) < 4.78 is 31.8. The summed E-state index contributed by atoms with van der Waals surface area (Å²) in [5.74, 6) is 3.34. The lowest BCUT2D eigenvalue weighted by Gasteiger charge is -2.33. The van der Waals surface area contributed by atoms with Gasteiger partial charge in [-0.25, -0.2) is 0 Å². The van der Waals surface area contributed by atoms with Crippen LogP contribution in [-0.2, 0) is 35.7 Å². The minimum atomic E-state index is 0. The summed E-state index contributed by atoms with van der Waals surface area (Å²) in [6.07, 6.45) is 10.3. The number of ether oxygens (including phenoxy) is 6. The highest BCUT2D eigenvalue weighted by Gasteiger charge is 2.27. The van der Waals surface area contributed by atoms with E-state index in [1.165, 1.54) is 36.8 Å². The highest BCUT2D eigenvalue weighted by Crippen LogP contribution is 2.36. The average Bonchev–Trinajstić information content (AvgIpc) is 3.19. The first-order valence-electron chi connectivity index (χ1n) is 22.4. The summed E-state index contributed by atoms with van der Waals surface area (Å²) in [4.78, 5) is 0. The molecule has 364 valence electrons. The second kappa shape index (κ2) is 44.6. The lowest BCUT2D eigenvalue weighted by Crippen LogP contribution is -2.24. The lowest BCUT2D eigenvalue weighted by molar-refractivity contribution is 0.0139. The molecule has 8 nitrogen and oxygen atoms in total. The van der Waals surface area contributed by atoms with Crippen LogP contribution in [0.4, 0.5) is 0 Å². The Hall–Kier alpha value is -2.04. The Morgan fingerprint density at radius 1 is 0.574 bits per heavy atom. The molecular weight excluding hydrogens is 765 g/mol. The van der Waals surface area contributed by atoms with Crippen LogP contribution in [0, 0.1) is 23.2 Å². The third-order valence-electron chi connectivity index (χ3n) is 9.59. The summed E-state index contributed by atoms with van der Waals surface area (Å²) >= 11 is 0. The number of aliphatic hydroxyl groups is 2. The maximum absolute atomic E-state index is 8.59. The van der Waals surface area contributed by atoms with Gasteiger partial charge in [-0.1, -0.05) is 167 Å². The Morgan fingerprint density at radius 3 is 1.59 bits per heavy atom. The van der Waals surface area contributed by atoms with Crippen LogP contribution in [0.15, 0.2) is 54.6 Å². The van der Waals surface area contributed by atoms with Crippen molar-refractivity contribution in [3.8, 4) is 5.75 Å². The van der Waals surface area contributed by atoms with Crippen LogP contribution in [0.3, 0.4) is 0 Å². The van der Waals surface area contributed by atoms with Gasteiger partial charge >= 0.3 is 0 Å². The molecule has 0 aromatic heterocycles. The molecule has 2 unspecified atom stereocenters. The molecule has 2 aromatic carbocycles. The normalized spacial score (nSPS) is 11.9. The largest absolute Gasteiger partial charge is 0.491 e. The topological polar surface area (TPSA) is 95.8 Å². The van der Waals surface area contributed by atoms with E-state index in [1.807, 2.05) is 25.1 Å². The molecular formula is C53H104O8. The van der Waals surface area contributed by atoms with Gasteiger partial charge in [0.05, 0.1) is 59.0 Å². The van der Waals surface area contributed by atoms with Crippen molar-refractivity contribution in [2.24, 2.45) is 23.2 Å². The summed E-state index contributed by atoms with van der Waals surface area (Å²) in [6, 6.07) is 18.7. The molecule has 0 aliphatic carbocycles. The second-order valence-corrected chi connectivity index (χ2v) is 17.6. The molecule has 0 aliphatic rings. The van der Waals surface area contributed by atoms with E-state index >= 15 is 0 Å². The van der Waals surface area contributed by atoms with E-state index in [0.717, 1.165) is 62.4 Å². The van der Waals surface area contributed by atoms with Gasteiger partial charge in [0.1, 0.15) is 12.4 Å². The van der Waals surface area contributed by atoms with Gasteiger partial charge < -0.3 is 38.6 Å². The Morgan fingerprint density at radius 2 is 1.11 bits per heavy atom. The zero-order chi connectivity index (χ0) is 44.1. The molecule has 0 aliphatic heterocycles. The Balaban J connectivity index is -0.000000253. The molecule has 2 aromatic rings. The van der Waals surface area contributed by atoms with Gasteiger partial charge in [0.2, 0.25) is 0 Å². The summed E-state index contributed by atoms with van der Waals surface area (Å²) in [5, 5.41) is 16.7. The first-order valence-corrected chi connectivity index (χ1v) is 22.4. The van der Waals surface area contributed by atoms with Crippen LogP contribution >= 0.6 is 0 Å². The van der Waals surface area contributed by atoms with E-state index in [4.69, 9.17) is 38.6 Å². The zero-order valence-electron chi connectivity index (χ0n) is 39.8. The fourth-order valence-corrected chi connectivity index (χ4v) is 6.37. The van der Waals surface area contributed by atoms with E-state index in [1.54, 1.807) is 7.11 Å². The maximum atomic E-state index is 8.59. The maximum Gasteiger partial charge on any atom is 0.119 e. The molecule has 0 saturated carbocycles. The van der Waals surface area contributed by atoms with Gasteiger partial charge in [-0.2, -0.15) is 0 Å². The number of hydrogen-bond donors (Lipinski definition) is 2. The fraction of sp³-hybridized carbons (Fsp3) is 0.774. The van der Waals surface area contributed by atoms with Gasteiger partial charge in [-0.05, 0) is 84.5 Å². The first-order chi connectivity index (χ1) is 27.6. The number of benzene rings is 2. The molecule has 2 N–H and O–H groups in total. The SMILES string of the molecule is C.C.C.CC(C)(C)CC(C)(C)c1ccc(OCCOCc2ccccc2)cc1.CC(C)CCC(C)CCC(C)CCOCCO.CCC(CC)OCCOC.CCOCCO. The summed E-state index contributed by atoms with van der Waals surface area (Å²) in [6.45, 7) is 32.9. The van der Waals surface area contributed by atoms with E-state index in [9.17, 15) is 0 Å². The summed E-state index contributed by atoms with van der Waals surface area (Å²) in [5.41, 5.74) is 3.02. The Bertz CT molecular complexity index is 1110. The minimum Gasteiger partial charge on any atom is -0.491 e. The number of aliphatic hydroxyl groups excluding tert-OH is 2. The lowest BCUT2D eigenvalue weighted by atomic mass is 9.72. The Kier molecular flexibility index (Phi) is 49.7. The predicted molar refractivity (Wildman–Crippen MR) is 265 cm³/mol. The number of hydrogen-bond acceptors (Lipinski definition) is 8.